The number of pyridine rings is 1. The number of hydrogen-bond donors (Lipinski definition) is 0. The van der Waals surface area contributed by atoms with Gasteiger partial charge in [0, 0.05) is 28.9 Å². The highest BCUT2D eigenvalue weighted by molar-refractivity contribution is 9.08. The zero-order valence-corrected chi connectivity index (χ0v) is 12.3. The van der Waals surface area contributed by atoms with Crippen LogP contribution in [0.4, 0.5) is 0 Å². The van der Waals surface area contributed by atoms with Crippen LogP contribution in [0.25, 0.3) is 0 Å². The van der Waals surface area contributed by atoms with E-state index >= 15 is 0 Å². The molecule has 0 saturated heterocycles. The minimum atomic E-state index is 0.449. The van der Waals surface area contributed by atoms with Crippen LogP contribution in [0.3, 0.4) is 0 Å². The van der Waals surface area contributed by atoms with Crippen molar-refractivity contribution in [1.82, 2.24) is 4.98 Å². The Kier molecular flexibility index (Phi) is 4.61. The highest BCUT2D eigenvalue weighted by atomic mass is 79.9. The lowest BCUT2D eigenvalue weighted by atomic mass is 10.1. The Morgan fingerprint density at radius 1 is 1.28 bits per heavy atom. The molecule has 0 N–H and O–H groups in total. The summed E-state index contributed by atoms with van der Waals surface area (Å²) in [6.07, 6.45) is 3.34. The molecule has 0 aliphatic heterocycles. The molecule has 0 saturated carbocycles. The van der Waals surface area contributed by atoms with E-state index in [1.54, 1.807) is 12.4 Å². The molecule has 2 nitrogen and oxygen atoms in total. The Hall–Kier alpha value is -1.06. The maximum absolute atomic E-state index is 6.04. The van der Waals surface area contributed by atoms with Crippen molar-refractivity contribution in [3.05, 3.63) is 58.4 Å². The summed E-state index contributed by atoms with van der Waals surface area (Å²) >= 11 is 9.50. The van der Waals surface area contributed by atoms with E-state index in [1.807, 2.05) is 18.2 Å². The Morgan fingerprint density at radius 3 is 2.83 bits per heavy atom. The predicted octanol–water partition coefficient (Wildman–Crippen LogP) is 4.52. The summed E-state index contributed by atoms with van der Waals surface area (Å²) in [5.74, 6) is 0.880. The van der Waals surface area contributed by atoms with Crippen molar-refractivity contribution in [1.29, 1.82) is 0 Å². The molecule has 1 heterocycles. The van der Waals surface area contributed by atoms with Crippen LogP contribution < -0.4 is 4.74 Å². The van der Waals surface area contributed by atoms with Crippen LogP contribution >= 0.6 is 27.5 Å². The van der Waals surface area contributed by atoms with Gasteiger partial charge in [0.2, 0.25) is 0 Å². The van der Waals surface area contributed by atoms with Crippen molar-refractivity contribution in [2.45, 2.75) is 18.9 Å². The van der Waals surface area contributed by atoms with Crippen LogP contribution in [0.5, 0.6) is 5.75 Å². The van der Waals surface area contributed by atoms with Crippen LogP contribution in [-0.4, -0.2) is 4.98 Å². The average Bonchev–Trinajstić information content (AvgIpc) is 2.39. The molecule has 1 aromatic carbocycles. The first-order chi connectivity index (χ1) is 8.70. The van der Waals surface area contributed by atoms with Gasteiger partial charge in [-0.15, -0.1) is 0 Å². The van der Waals surface area contributed by atoms with Crippen LogP contribution in [0.15, 0.2) is 36.7 Å². The highest BCUT2D eigenvalue weighted by Crippen LogP contribution is 2.24. The second-order valence-corrected chi connectivity index (χ2v) is 4.97. The lowest BCUT2D eigenvalue weighted by molar-refractivity contribution is 0.304. The van der Waals surface area contributed by atoms with Crippen molar-refractivity contribution < 1.29 is 4.74 Å². The van der Waals surface area contributed by atoms with E-state index in [0.29, 0.717) is 11.6 Å². The minimum Gasteiger partial charge on any atom is -0.489 e. The average molecular weight is 327 g/mol. The quantitative estimate of drug-likeness (QED) is 0.771. The second-order valence-electron chi connectivity index (χ2n) is 4.00. The fraction of sp³-hybridized carbons (Fsp3) is 0.214. The van der Waals surface area contributed by atoms with E-state index in [0.717, 1.165) is 22.2 Å². The fourth-order valence-corrected chi connectivity index (χ4v) is 2.24. The summed E-state index contributed by atoms with van der Waals surface area (Å²) in [6.45, 7) is 2.51. The number of rotatable bonds is 4. The van der Waals surface area contributed by atoms with Crippen LogP contribution in [0.2, 0.25) is 5.02 Å². The molecular weight excluding hydrogens is 314 g/mol. The van der Waals surface area contributed by atoms with Gasteiger partial charge in [-0.2, -0.15) is 0 Å². The predicted molar refractivity (Wildman–Crippen MR) is 77.4 cm³/mol. The summed E-state index contributed by atoms with van der Waals surface area (Å²) in [7, 11) is 0. The molecule has 94 valence electrons. The minimum absolute atomic E-state index is 0.449. The van der Waals surface area contributed by atoms with Gasteiger partial charge in [-0.05, 0) is 19.1 Å². The van der Waals surface area contributed by atoms with Gasteiger partial charge in [-0.1, -0.05) is 45.2 Å². The third-order valence-corrected chi connectivity index (χ3v) is 3.54. The largest absolute Gasteiger partial charge is 0.489 e. The molecule has 0 aliphatic rings. The molecule has 0 unspecified atom stereocenters. The number of benzene rings is 1. The number of aryl methyl sites for hydroxylation is 1. The molecule has 0 aliphatic carbocycles. The number of ether oxygens (including phenoxy) is 1. The molecule has 0 amide bonds. The number of aromatic nitrogens is 1. The monoisotopic (exact) mass is 325 g/mol. The van der Waals surface area contributed by atoms with Gasteiger partial charge in [0.05, 0.1) is 5.02 Å². The SMILES string of the molecule is Cc1ccc(OCc2ccncc2Cl)c(CBr)c1. The molecule has 0 radical (unpaired) electrons. The summed E-state index contributed by atoms with van der Waals surface area (Å²) in [4.78, 5) is 3.95. The molecule has 4 heteroatoms. The lowest BCUT2D eigenvalue weighted by Gasteiger charge is -2.11. The van der Waals surface area contributed by atoms with Gasteiger partial charge in [0.25, 0.3) is 0 Å². The number of nitrogens with zero attached hydrogens (tertiary/aromatic N) is 1. The molecule has 0 atom stereocenters. The Morgan fingerprint density at radius 2 is 2.11 bits per heavy atom. The van der Waals surface area contributed by atoms with E-state index < -0.39 is 0 Å². The number of hydrogen-bond acceptors (Lipinski definition) is 2. The molecule has 0 fully saturated rings. The van der Waals surface area contributed by atoms with E-state index in [2.05, 4.69) is 33.9 Å². The molecular formula is C14H13BrClNO. The normalized spacial score (nSPS) is 10.4. The zero-order chi connectivity index (χ0) is 13.0. The molecule has 18 heavy (non-hydrogen) atoms. The van der Waals surface area contributed by atoms with Crippen LogP contribution in [0, 0.1) is 6.92 Å². The second kappa shape index (κ2) is 6.21. The first kappa shape index (κ1) is 13.4. The zero-order valence-electron chi connectivity index (χ0n) is 9.99. The summed E-state index contributed by atoms with van der Waals surface area (Å²) in [6, 6.07) is 8.00. The molecule has 2 aromatic rings. The fourth-order valence-electron chi connectivity index (χ4n) is 1.63. The lowest BCUT2D eigenvalue weighted by Crippen LogP contribution is -1.99. The van der Waals surface area contributed by atoms with E-state index in [9.17, 15) is 0 Å². The third kappa shape index (κ3) is 3.24. The Bertz CT molecular complexity index is 545. The van der Waals surface area contributed by atoms with Crippen molar-refractivity contribution >= 4 is 27.5 Å². The van der Waals surface area contributed by atoms with E-state index in [-0.39, 0.29) is 0 Å². The van der Waals surface area contributed by atoms with Gasteiger partial charge in [0.15, 0.2) is 0 Å². The Labute approximate surface area is 120 Å². The van der Waals surface area contributed by atoms with E-state index in [1.165, 1.54) is 5.56 Å². The van der Waals surface area contributed by atoms with Gasteiger partial charge in [-0.25, -0.2) is 0 Å². The topological polar surface area (TPSA) is 22.1 Å². The first-order valence-corrected chi connectivity index (χ1v) is 7.07. The number of alkyl halides is 1. The van der Waals surface area contributed by atoms with Crippen molar-refractivity contribution in [3.8, 4) is 5.75 Å². The Balaban J connectivity index is 2.13. The maximum atomic E-state index is 6.04. The summed E-state index contributed by atoms with van der Waals surface area (Å²) in [5.41, 5.74) is 3.30. The van der Waals surface area contributed by atoms with E-state index in [4.69, 9.17) is 16.3 Å². The molecule has 2 rings (SSSR count). The van der Waals surface area contributed by atoms with Crippen molar-refractivity contribution in [2.75, 3.05) is 0 Å². The van der Waals surface area contributed by atoms with Crippen LogP contribution in [0.1, 0.15) is 16.7 Å². The third-order valence-electron chi connectivity index (χ3n) is 2.60. The summed E-state index contributed by atoms with van der Waals surface area (Å²) in [5, 5.41) is 1.40. The molecule has 0 spiro atoms. The van der Waals surface area contributed by atoms with Crippen molar-refractivity contribution in [3.63, 3.8) is 0 Å². The number of halogens is 2. The molecule has 0 bridgehead atoms. The summed E-state index contributed by atoms with van der Waals surface area (Å²) < 4.78 is 5.81. The smallest absolute Gasteiger partial charge is 0.123 e. The highest BCUT2D eigenvalue weighted by Gasteiger charge is 2.05. The van der Waals surface area contributed by atoms with Gasteiger partial charge in [0.1, 0.15) is 12.4 Å². The van der Waals surface area contributed by atoms with Crippen LogP contribution in [-0.2, 0) is 11.9 Å². The maximum Gasteiger partial charge on any atom is 0.123 e. The standard InChI is InChI=1S/C14H13BrClNO/c1-10-2-3-14(12(6-10)7-15)18-9-11-4-5-17-8-13(11)16/h2-6,8H,7,9H2,1H3. The van der Waals surface area contributed by atoms with Gasteiger partial charge >= 0.3 is 0 Å². The van der Waals surface area contributed by atoms with Crippen molar-refractivity contribution in [2.24, 2.45) is 0 Å². The molecule has 1 aromatic heterocycles. The van der Waals surface area contributed by atoms with Gasteiger partial charge in [-0.3, -0.25) is 4.98 Å². The van der Waals surface area contributed by atoms with Gasteiger partial charge < -0.3 is 4.74 Å². The first-order valence-electron chi connectivity index (χ1n) is 5.57.